The van der Waals surface area contributed by atoms with Crippen molar-refractivity contribution in [2.45, 2.75) is 51.4 Å². The number of phenols is 1. The Bertz CT molecular complexity index is 1440. The fraction of sp³-hybridized carbons (Fsp3) is 0.360. The molecule has 6 N–H and O–H groups in total. The van der Waals surface area contributed by atoms with Crippen molar-refractivity contribution in [2.75, 3.05) is 6.61 Å². The monoisotopic (exact) mass is 501 g/mol. The summed E-state index contributed by atoms with van der Waals surface area (Å²) in [6, 6.07) is 6.26. The van der Waals surface area contributed by atoms with Gasteiger partial charge in [0, 0.05) is 34.7 Å². The van der Waals surface area contributed by atoms with E-state index >= 15 is 0 Å². The van der Waals surface area contributed by atoms with Crippen LogP contribution in [0.25, 0.3) is 32.6 Å². The van der Waals surface area contributed by atoms with Crippen LogP contribution in [0.4, 0.5) is 0 Å². The number of fused-ring (bicyclic) bond motifs is 4. The Morgan fingerprint density at radius 2 is 1.86 bits per heavy atom. The van der Waals surface area contributed by atoms with Crippen LogP contribution in [0.3, 0.4) is 0 Å². The summed E-state index contributed by atoms with van der Waals surface area (Å²) in [5.41, 5.74) is 3.96. The Labute approximate surface area is 207 Å². The molecule has 186 valence electrons. The lowest BCUT2D eigenvalue weighted by Gasteiger charge is -2.39. The molecular formula is C25H28ClN3O6. The number of rotatable bonds is 3. The number of carbonyl (C=O) groups is 1. The molecule has 5 atom stereocenters. The number of hydrogen-bond donors (Lipinski definition) is 6. The van der Waals surface area contributed by atoms with E-state index in [9.17, 15) is 25.2 Å². The third-order valence-corrected chi connectivity index (χ3v) is 6.89. The lowest BCUT2D eigenvalue weighted by atomic mass is 9.94. The van der Waals surface area contributed by atoms with Crippen LogP contribution in [0.5, 0.6) is 5.75 Å². The molecule has 1 amide bonds. The fourth-order valence-electron chi connectivity index (χ4n) is 5.16. The van der Waals surface area contributed by atoms with Gasteiger partial charge in [-0.3, -0.25) is 4.79 Å². The number of aromatic amines is 1. The van der Waals surface area contributed by atoms with Crippen molar-refractivity contribution in [1.29, 1.82) is 0 Å². The molecule has 5 rings (SSSR count). The lowest BCUT2D eigenvalue weighted by molar-refractivity contribution is -0.771. The van der Waals surface area contributed by atoms with Crippen LogP contribution < -0.4 is 22.3 Å². The first-order valence-electron chi connectivity index (χ1n) is 11.2. The van der Waals surface area contributed by atoms with E-state index in [1.54, 1.807) is 22.9 Å². The van der Waals surface area contributed by atoms with Gasteiger partial charge in [-0.15, -0.1) is 0 Å². The molecule has 1 fully saturated rings. The molecular weight excluding hydrogens is 474 g/mol. The van der Waals surface area contributed by atoms with Gasteiger partial charge in [0.2, 0.25) is 5.91 Å². The van der Waals surface area contributed by atoms with Gasteiger partial charge in [-0.2, -0.15) is 4.57 Å². The number of aliphatic hydroxyl groups excluding tert-OH is 3. The second kappa shape index (κ2) is 9.25. The van der Waals surface area contributed by atoms with Crippen LogP contribution in [0.2, 0.25) is 0 Å². The predicted octanol–water partition coefficient (Wildman–Crippen LogP) is -1.80. The number of halogens is 1. The highest BCUT2D eigenvalue weighted by Gasteiger charge is 2.49. The summed E-state index contributed by atoms with van der Waals surface area (Å²) < 4.78 is 7.69. The highest BCUT2D eigenvalue weighted by Crippen LogP contribution is 2.37. The Morgan fingerprint density at radius 1 is 1.11 bits per heavy atom. The van der Waals surface area contributed by atoms with Gasteiger partial charge >= 0.3 is 0 Å². The molecule has 2 aromatic heterocycles. The molecule has 0 aliphatic carbocycles. The molecule has 0 radical (unpaired) electrons. The van der Waals surface area contributed by atoms with Crippen molar-refractivity contribution in [3.8, 4) is 5.75 Å². The van der Waals surface area contributed by atoms with E-state index in [2.05, 4.69) is 10.3 Å². The molecule has 0 unspecified atom stereocenters. The summed E-state index contributed by atoms with van der Waals surface area (Å²) in [6.45, 7) is 4.89. The number of aryl methyl sites for hydroxylation is 2. The summed E-state index contributed by atoms with van der Waals surface area (Å²) >= 11 is 0. The fourth-order valence-corrected chi connectivity index (χ4v) is 5.16. The first-order valence-corrected chi connectivity index (χ1v) is 11.2. The second-order valence-electron chi connectivity index (χ2n) is 9.03. The van der Waals surface area contributed by atoms with Crippen molar-refractivity contribution >= 4 is 38.5 Å². The normalized spacial score (nSPS) is 24.6. The summed E-state index contributed by atoms with van der Waals surface area (Å²) in [5, 5.41) is 47.3. The molecule has 0 saturated carbocycles. The molecule has 1 saturated heterocycles. The number of aromatic hydroxyl groups is 1. The number of amides is 1. The van der Waals surface area contributed by atoms with E-state index in [0.29, 0.717) is 0 Å². The van der Waals surface area contributed by atoms with Crippen molar-refractivity contribution in [3.05, 3.63) is 47.8 Å². The number of ether oxygens (including phenoxy) is 1. The Morgan fingerprint density at radius 3 is 2.54 bits per heavy atom. The molecule has 35 heavy (non-hydrogen) atoms. The summed E-state index contributed by atoms with van der Waals surface area (Å²) in [6.07, 6.45) is -0.849. The van der Waals surface area contributed by atoms with Crippen molar-refractivity contribution in [2.24, 2.45) is 0 Å². The molecule has 1 aliphatic heterocycles. The zero-order valence-electron chi connectivity index (χ0n) is 19.5. The average molecular weight is 502 g/mol. The van der Waals surface area contributed by atoms with Crippen LogP contribution in [-0.4, -0.2) is 62.3 Å². The number of nitrogens with one attached hydrogen (secondary N) is 2. The van der Waals surface area contributed by atoms with Crippen molar-refractivity contribution in [1.82, 2.24) is 10.3 Å². The van der Waals surface area contributed by atoms with Crippen LogP contribution in [-0.2, 0) is 9.53 Å². The van der Waals surface area contributed by atoms with E-state index in [1.165, 1.54) is 6.92 Å². The number of phenolic OH excluding ortho intramolecular Hbond substituents is 1. The number of carbonyl (C=O) groups excluding carboxylic acids is 1. The quantitative estimate of drug-likeness (QED) is 0.183. The second-order valence-corrected chi connectivity index (χ2v) is 9.03. The third-order valence-electron chi connectivity index (χ3n) is 6.89. The van der Waals surface area contributed by atoms with Crippen LogP contribution in [0.1, 0.15) is 24.3 Å². The molecule has 2 aromatic carbocycles. The first-order chi connectivity index (χ1) is 16.2. The average Bonchev–Trinajstić information content (AvgIpc) is 3.19. The van der Waals surface area contributed by atoms with Crippen molar-refractivity contribution < 1.29 is 46.9 Å². The maximum absolute atomic E-state index is 11.8. The number of aliphatic hydroxyl groups is 3. The molecule has 0 spiro atoms. The van der Waals surface area contributed by atoms with Crippen LogP contribution in [0.15, 0.2) is 36.7 Å². The van der Waals surface area contributed by atoms with Crippen molar-refractivity contribution in [3.63, 3.8) is 0 Å². The summed E-state index contributed by atoms with van der Waals surface area (Å²) in [7, 11) is 0. The highest BCUT2D eigenvalue weighted by atomic mass is 35.5. The van der Waals surface area contributed by atoms with Gasteiger partial charge in [0.25, 0.3) is 6.23 Å². The minimum atomic E-state index is -1.35. The maximum atomic E-state index is 11.8. The van der Waals surface area contributed by atoms with Gasteiger partial charge in [-0.05, 0) is 48.6 Å². The third kappa shape index (κ3) is 3.99. The molecule has 0 bridgehead atoms. The Balaban J connectivity index is 0.00000289. The summed E-state index contributed by atoms with van der Waals surface area (Å²) in [4.78, 5) is 15.3. The first kappa shape index (κ1) is 25.2. The predicted molar refractivity (Wildman–Crippen MR) is 125 cm³/mol. The number of aromatic nitrogens is 2. The molecule has 4 aromatic rings. The van der Waals surface area contributed by atoms with E-state index in [0.717, 1.165) is 43.7 Å². The minimum Gasteiger partial charge on any atom is -1.00 e. The molecule has 10 heteroatoms. The number of hydrogen-bond acceptors (Lipinski definition) is 6. The SMILES string of the molecule is CC(=O)N[C@@H]1[C@@H](O)[C@H](O)[C@@H](CO)O[C@H]1[n+]1ccc2c(C)c3[nH]c4ccc(O)cc4c3c(C)c2c1.[Cl-]. The van der Waals surface area contributed by atoms with Gasteiger partial charge < -0.3 is 47.9 Å². The number of H-pyrrole nitrogens is 1. The summed E-state index contributed by atoms with van der Waals surface area (Å²) in [5.74, 6) is -0.189. The molecule has 9 nitrogen and oxygen atoms in total. The number of nitrogens with zero attached hydrogens (tertiary/aromatic N) is 1. The standard InChI is InChI=1S/C25H27N3O6.ClH/c1-11-17-9-28(25-22(26-13(3)30)24(33)23(32)19(10-29)34-25)7-6-15(17)12(2)21-20(11)16-8-14(31)4-5-18(16)27-21;/h4-9,19,22-25,29,32-33H,10H2,1-3H3,(H2,26,30,31);1H/t19-,22-,23-,24-,25-;/m1./s1. The van der Waals surface area contributed by atoms with E-state index in [-0.39, 0.29) is 24.1 Å². The highest BCUT2D eigenvalue weighted by molar-refractivity contribution is 6.16. The Hall–Kier alpha value is -2.95. The minimum absolute atomic E-state index is 0. The Kier molecular flexibility index (Phi) is 6.65. The maximum Gasteiger partial charge on any atom is 0.286 e. The van der Waals surface area contributed by atoms with E-state index in [4.69, 9.17) is 4.74 Å². The lowest BCUT2D eigenvalue weighted by Crippen LogP contribution is -3.00. The van der Waals surface area contributed by atoms with Gasteiger partial charge in [0.05, 0.1) is 12.1 Å². The van der Waals surface area contributed by atoms with Gasteiger partial charge in [-0.1, -0.05) is 0 Å². The number of benzene rings is 2. The van der Waals surface area contributed by atoms with Gasteiger partial charge in [-0.25, -0.2) is 0 Å². The van der Waals surface area contributed by atoms with E-state index < -0.39 is 37.2 Å². The van der Waals surface area contributed by atoms with E-state index in [1.807, 2.05) is 32.2 Å². The van der Waals surface area contributed by atoms with Crippen LogP contribution in [0, 0.1) is 13.8 Å². The van der Waals surface area contributed by atoms with Crippen LogP contribution >= 0.6 is 0 Å². The molecule has 1 aliphatic rings. The topological polar surface area (TPSA) is 139 Å². The van der Waals surface area contributed by atoms with Gasteiger partial charge in [0.1, 0.15) is 30.1 Å². The van der Waals surface area contributed by atoms with Gasteiger partial charge in [0.15, 0.2) is 12.4 Å². The smallest absolute Gasteiger partial charge is 0.286 e. The largest absolute Gasteiger partial charge is 1.00 e. The molecule has 3 heterocycles. The zero-order chi connectivity index (χ0) is 24.3. The zero-order valence-corrected chi connectivity index (χ0v) is 20.2. The number of pyridine rings is 1.